The molecule has 1 unspecified atom stereocenters. The van der Waals surface area contributed by atoms with Crippen molar-refractivity contribution >= 4 is 5.97 Å². The van der Waals surface area contributed by atoms with E-state index in [9.17, 15) is 40.5 Å². The number of rotatable bonds is 7. The molecule has 36 heavy (non-hydrogen) atoms. The van der Waals surface area contributed by atoms with E-state index >= 15 is 0 Å². The number of carboxylic acid groups (broad SMARTS) is 1. The number of carboxylic acids is 1. The van der Waals surface area contributed by atoms with Crippen molar-refractivity contribution < 1.29 is 70.1 Å². The van der Waals surface area contributed by atoms with Gasteiger partial charge in [0.15, 0.2) is 12.6 Å². The molecule has 0 radical (unpaired) electrons. The van der Waals surface area contributed by atoms with Crippen LogP contribution in [-0.2, 0) is 25.4 Å². The minimum absolute atomic E-state index is 0.160. The highest BCUT2D eigenvalue weighted by Gasteiger charge is 2.50. The summed E-state index contributed by atoms with van der Waals surface area (Å²) < 4.78 is 15.3. The normalized spacial score (nSPS) is 37.5. The van der Waals surface area contributed by atoms with Crippen LogP contribution in [0.2, 0.25) is 0 Å². The molecule has 0 spiro atoms. The van der Waals surface area contributed by atoms with Crippen LogP contribution in [0.5, 0.6) is 5.75 Å². The summed E-state index contributed by atoms with van der Waals surface area (Å²) in [5.74, 6) is -0.860. The van der Waals surface area contributed by atoms with E-state index < -0.39 is 86.6 Å². The molecule has 0 bridgehead atoms. The van der Waals surface area contributed by atoms with Crippen molar-refractivity contribution in [2.75, 3.05) is 13.2 Å². The van der Waals surface area contributed by atoms with Crippen molar-refractivity contribution in [3.63, 3.8) is 0 Å². The molecule has 2 aliphatic rings. The number of aromatic hydroxyl groups is 1. The molecule has 2 fully saturated rings. The van der Waals surface area contributed by atoms with Crippen molar-refractivity contribution in [1.82, 2.24) is 0 Å². The molecule has 15 heteroatoms. The molecule has 2 aliphatic heterocycles. The monoisotopic (exact) mass is 523 g/mol. The summed E-state index contributed by atoms with van der Waals surface area (Å²) in [6.07, 6.45) is -15.3. The highest BCUT2D eigenvalue weighted by Crippen LogP contribution is 2.28. The van der Waals surface area contributed by atoms with Crippen LogP contribution in [-0.4, -0.2) is 138 Å². The van der Waals surface area contributed by atoms with Gasteiger partial charge >= 0.3 is 5.97 Å². The maximum atomic E-state index is 10.4. The SMILES string of the molecule is NC(Cc1ccc(O)cc1)C(=O)O.OC[C@H]1O[C@@H](O[C@H]2[C@H](O)[C@@H](O)[C@H](O)O[C@@H]2CO)[C@H](O)[C@@H](O)[C@H]1O. The van der Waals surface area contributed by atoms with Crippen molar-refractivity contribution in [1.29, 1.82) is 0 Å². The van der Waals surface area contributed by atoms with E-state index in [1.165, 1.54) is 12.1 Å². The first-order chi connectivity index (χ1) is 16.9. The minimum Gasteiger partial charge on any atom is -0.508 e. The summed E-state index contributed by atoms with van der Waals surface area (Å²) in [5.41, 5.74) is 6.12. The van der Waals surface area contributed by atoms with Crippen molar-refractivity contribution in [2.24, 2.45) is 5.73 Å². The first-order valence-corrected chi connectivity index (χ1v) is 10.9. The fourth-order valence-electron chi connectivity index (χ4n) is 3.54. The molecule has 1 aromatic carbocycles. The molecule has 0 saturated carbocycles. The van der Waals surface area contributed by atoms with E-state index in [4.69, 9.17) is 35.3 Å². The number of nitrogens with two attached hydrogens (primary N) is 1. The van der Waals surface area contributed by atoms with Gasteiger partial charge in [-0.25, -0.2) is 0 Å². The number of aliphatic carboxylic acids is 1. The lowest BCUT2D eigenvalue weighted by Crippen LogP contribution is -2.64. The lowest BCUT2D eigenvalue weighted by atomic mass is 9.97. The predicted molar refractivity (Wildman–Crippen MR) is 116 cm³/mol. The van der Waals surface area contributed by atoms with Gasteiger partial charge in [0.2, 0.25) is 0 Å². The van der Waals surface area contributed by atoms with Gasteiger partial charge in [-0.15, -0.1) is 0 Å². The Morgan fingerprint density at radius 2 is 1.44 bits per heavy atom. The average molecular weight is 523 g/mol. The van der Waals surface area contributed by atoms with Crippen molar-refractivity contribution in [3.05, 3.63) is 29.8 Å². The zero-order valence-electron chi connectivity index (χ0n) is 19.0. The number of phenolic OH excluding ortho intramolecular Hbond substituents is 1. The molecule has 206 valence electrons. The Labute approximate surface area is 205 Å². The summed E-state index contributed by atoms with van der Waals surface area (Å²) >= 11 is 0. The summed E-state index contributed by atoms with van der Waals surface area (Å²) in [6, 6.07) is 5.42. The van der Waals surface area contributed by atoms with Gasteiger partial charge in [-0.1, -0.05) is 12.1 Å². The van der Waals surface area contributed by atoms with Crippen LogP contribution < -0.4 is 5.73 Å². The first kappa shape index (κ1) is 30.2. The van der Waals surface area contributed by atoms with Crippen LogP contribution in [0.1, 0.15) is 5.56 Å². The molecule has 1 aromatic rings. The number of ether oxygens (including phenoxy) is 3. The number of aliphatic hydroxyl groups is 8. The molecule has 0 amide bonds. The Kier molecular flexibility index (Phi) is 11.4. The summed E-state index contributed by atoms with van der Waals surface area (Å²) in [4.78, 5) is 10.4. The summed E-state index contributed by atoms with van der Waals surface area (Å²) in [6.45, 7) is -1.35. The Hall–Kier alpha value is -1.99. The number of aliphatic hydroxyl groups excluding tert-OH is 8. The van der Waals surface area contributed by atoms with Gasteiger partial charge in [0, 0.05) is 0 Å². The van der Waals surface area contributed by atoms with Crippen LogP contribution in [0.4, 0.5) is 0 Å². The minimum atomic E-state index is -1.74. The van der Waals surface area contributed by atoms with E-state index in [1.807, 2.05) is 0 Å². The van der Waals surface area contributed by atoms with Gasteiger partial charge in [0.25, 0.3) is 0 Å². The number of hydrogen-bond donors (Lipinski definition) is 11. The van der Waals surface area contributed by atoms with Crippen LogP contribution in [0.15, 0.2) is 24.3 Å². The number of benzene rings is 1. The predicted octanol–water partition coefficient (Wildman–Crippen LogP) is -5.05. The second-order valence-electron chi connectivity index (χ2n) is 8.34. The van der Waals surface area contributed by atoms with Gasteiger partial charge in [0.05, 0.1) is 13.2 Å². The topological polar surface area (TPSA) is 273 Å². The van der Waals surface area contributed by atoms with Gasteiger partial charge < -0.3 is 71.0 Å². The molecule has 0 aliphatic carbocycles. The van der Waals surface area contributed by atoms with Gasteiger partial charge in [-0.2, -0.15) is 0 Å². The standard InChI is InChI=1S/C12H22O11.C9H11NO3/c13-1-3-5(15)6(16)9(19)12(22-3)23-10-4(2-14)21-11(20)8(18)7(10)17;10-8(9(12)13)5-6-1-3-7(11)4-2-6/h3-20H,1-2H2;1-4,8,11H,5,10H2,(H,12,13)/t3-,4-,5+,6+,7-,8-,9-,10-,11-,12+;/m1./s1. The zero-order valence-corrected chi connectivity index (χ0v) is 19.0. The number of carbonyl (C=O) groups is 1. The highest BCUT2D eigenvalue weighted by atomic mass is 16.7. The van der Waals surface area contributed by atoms with Crippen LogP contribution >= 0.6 is 0 Å². The van der Waals surface area contributed by atoms with Gasteiger partial charge in [-0.3, -0.25) is 4.79 Å². The second kappa shape index (κ2) is 13.5. The third-order valence-corrected chi connectivity index (χ3v) is 5.69. The lowest BCUT2D eigenvalue weighted by molar-refractivity contribution is -0.355. The van der Waals surface area contributed by atoms with E-state index in [-0.39, 0.29) is 12.2 Å². The van der Waals surface area contributed by atoms with Crippen LogP contribution in [0.3, 0.4) is 0 Å². The molecule has 15 nitrogen and oxygen atoms in total. The molecule has 0 aromatic heterocycles. The molecule has 2 saturated heterocycles. The largest absolute Gasteiger partial charge is 0.508 e. The Bertz CT molecular complexity index is 808. The third kappa shape index (κ3) is 7.51. The molecule has 11 atom stereocenters. The first-order valence-electron chi connectivity index (χ1n) is 10.9. The molecular weight excluding hydrogens is 490 g/mol. The highest BCUT2D eigenvalue weighted by molar-refractivity contribution is 5.73. The third-order valence-electron chi connectivity index (χ3n) is 5.69. The number of hydrogen-bond acceptors (Lipinski definition) is 14. The summed E-state index contributed by atoms with van der Waals surface area (Å²) in [7, 11) is 0. The van der Waals surface area contributed by atoms with E-state index in [2.05, 4.69) is 0 Å². The fraction of sp³-hybridized carbons (Fsp3) is 0.667. The van der Waals surface area contributed by atoms with E-state index in [0.29, 0.717) is 0 Å². The van der Waals surface area contributed by atoms with E-state index in [0.717, 1.165) is 5.56 Å². The smallest absolute Gasteiger partial charge is 0.320 e. The zero-order chi connectivity index (χ0) is 27.2. The maximum absolute atomic E-state index is 10.4. The summed E-state index contributed by atoms with van der Waals surface area (Å²) in [5, 5.41) is 94.0. The quantitative estimate of drug-likeness (QED) is 0.160. The molecule has 2 heterocycles. The fourth-order valence-corrected chi connectivity index (χ4v) is 3.54. The number of phenols is 1. The Morgan fingerprint density at radius 1 is 0.861 bits per heavy atom. The van der Waals surface area contributed by atoms with E-state index in [1.54, 1.807) is 12.1 Å². The van der Waals surface area contributed by atoms with Crippen molar-refractivity contribution in [2.45, 2.75) is 73.9 Å². The van der Waals surface area contributed by atoms with Crippen LogP contribution in [0.25, 0.3) is 0 Å². The van der Waals surface area contributed by atoms with Gasteiger partial charge in [0.1, 0.15) is 60.6 Å². The molecule has 12 N–H and O–H groups in total. The lowest BCUT2D eigenvalue weighted by Gasteiger charge is -2.45. The van der Waals surface area contributed by atoms with Crippen LogP contribution in [0, 0.1) is 0 Å². The maximum Gasteiger partial charge on any atom is 0.320 e. The average Bonchev–Trinajstić information content (AvgIpc) is 2.85. The molecule has 3 rings (SSSR count). The van der Waals surface area contributed by atoms with Crippen molar-refractivity contribution in [3.8, 4) is 5.75 Å². The second-order valence-corrected chi connectivity index (χ2v) is 8.34. The Balaban J connectivity index is 0.000000297. The Morgan fingerprint density at radius 3 is 1.97 bits per heavy atom. The van der Waals surface area contributed by atoms with Gasteiger partial charge in [-0.05, 0) is 24.1 Å². The molecular formula is C21H33NO14.